The topological polar surface area (TPSA) is 54.9 Å². The Morgan fingerprint density at radius 2 is 2.05 bits per heavy atom. The minimum absolute atomic E-state index is 0. The summed E-state index contributed by atoms with van der Waals surface area (Å²) in [6.07, 6.45) is 1.90. The highest BCUT2D eigenvalue weighted by Crippen LogP contribution is 2.29. The van der Waals surface area contributed by atoms with E-state index in [0.717, 1.165) is 29.7 Å². The smallest absolute Gasteiger partial charge is 0.195 e. The lowest BCUT2D eigenvalue weighted by molar-refractivity contribution is 0.355. The second-order valence-corrected chi connectivity index (χ2v) is 5.21. The van der Waals surface area contributed by atoms with Gasteiger partial charge in [0.25, 0.3) is 0 Å². The Bertz CT molecular complexity index is 484. The van der Waals surface area contributed by atoms with Crippen LogP contribution in [0.4, 0.5) is 5.69 Å². The Balaban J connectivity index is 0.00000441. The van der Waals surface area contributed by atoms with E-state index in [0.29, 0.717) is 11.5 Å². The quantitative estimate of drug-likeness (QED) is 0.215. The van der Waals surface area contributed by atoms with Crippen LogP contribution in [0.1, 0.15) is 0 Å². The first-order valence-electron chi connectivity index (χ1n) is 6.63. The molecule has 1 aromatic rings. The van der Waals surface area contributed by atoms with Crippen molar-refractivity contribution in [2.45, 2.75) is 0 Å². The van der Waals surface area contributed by atoms with E-state index in [1.165, 1.54) is 0 Å². The van der Waals surface area contributed by atoms with E-state index in [1.807, 2.05) is 36.0 Å². The van der Waals surface area contributed by atoms with Crippen molar-refractivity contribution in [1.82, 2.24) is 5.32 Å². The highest BCUT2D eigenvalue weighted by atomic mass is 127. The SMILES string of the molecule is C=CCSCCNC(=NC)Nc1ccc(OC)c(OC)c1.I. The van der Waals surface area contributed by atoms with Crippen LogP contribution in [0, 0.1) is 0 Å². The van der Waals surface area contributed by atoms with Crippen molar-refractivity contribution < 1.29 is 9.47 Å². The third kappa shape index (κ3) is 7.26. The molecule has 0 saturated heterocycles. The van der Waals surface area contributed by atoms with Crippen molar-refractivity contribution in [3.63, 3.8) is 0 Å². The molecule has 0 radical (unpaired) electrons. The molecule has 0 aliphatic heterocycles. The molecule has 7 heteroatoms. The summed E-state index contributed by atoms with van der Waals surface area (Å²) < 4.78 is 10.5. The molecule has 124 valence electrons. The van der Waals surface area contributed by atoms with E-state index in [9.17, 15) is 0 Å². The van der Waals surface area contributed by atoms with Gasteiger partial charge in [-0.15, -0.1) is 30.6 Å². The highest BCUT2D eigenvalue weighted by Gasteiger charge is 2.05. The molecule has 0 fully saturated rings. The van der Waals surface area contributed by atoms with Crippen molar-refractivity contribution in [2.75, 3.05) is 44.6 Å². The molecule has 0 aliphatic rings. The van der Waals surface area contributed by atoms with Gasteiger partial charge in [-0.3, -0.25) is 4.99 Å². The summed E-state index contributed by atoms with van der Waals surface area (Å²) in [5.74, 6) is 4.06. The van der Waals surface area contributed by atoms with Gasteiger partial charge in [0, 0.05) is 36.9 Å². The van der Waals surface area contributed by atoms with E-state index in [1.54, 1.807) is 21.3 Å². The second kappa shape index (κ2) is 12.5. The zero-order valence-corrected chi connectivity index (χ0v) is 16.4. The maximum absolute atomic E-state index is 5.28. The number of ether oxygens (including phenoxy) is 2. The lowest BCUT2D eigenvalue weighted by atomic mass is 10.3. The summed E-state index contributed by atoms with van der Waals surface area (Å²) in [6, 6.07) is 5.65. The maximum Gasteiger partial charge on any atom is 0.195 e. The molecule has 0 amide bonds. The van der Waals surface area contributed by atoms with Crippen LogP contribution in [0.3, 0.4) is 0 Å². The highest BCUT2D eigenvalue weighted by molar-refractivity contribution is 14.0. The Labute approximate surface area is 154 Å². The molecule has 2 N–H and O–H groups in total. The predicted octanol–water partition coefficient (Wildman–Crippen LogP) is 3.23. The molecule has 0 spiro atoms. The van der Waals surface area contributed by atoms with Crippen LogP contribution >= 0.6 is 35.7 Å². The summed E-state index contributed by atoms with van der Waals surface area (Å²) in [6.45, 7) is 4.54. The first-order valence-corrected chi connectivity index (χ1v) is 7.79. The van der Waals surface area contributed by atoms with Crippen LogP contribution in [0.2, 0.25) is 0 Å². The zero-order chi connectivity index (χ0) is 15.5. The Hall–Kier alpha value is -1.09. The Kier molecular flexibility index (Phi) is 11.8. The van der Waals surface area contributed by atoms with Gasteiger partial charge < -0.3 is 20.1 Å². The largest absolute Gasteiger partial charge is 0.493 e. The molecule has 0 heterocycles. The first kappa shape index (κ1) is 20.9. The fourth-order valence-electron chi connectivity index (χ4n) is 1.64. The van der Waals surface area contributed by atoms with E-state index < -0.39 is 0 Å². The molecule has 5 nitrogen and oxygen atoms in total. The number of halogens is 1. The van der Waals surface area contributed by atoms with Crippen molar-refractivity contribution in [3.05, 3.63) is 30.9 Å². The summed E-state index contributed by atoms with van der Waals surface area (Å²) >= 11 is 1.82. The molecule has 0 aliphatic carbocycles. The number of aliphatic imine (C=N–C) groups is 1. The molecular weight excluding hydrogens is 413 g/mol. The summed E-state index contributed by atoms with van der Waals surface area (Å²) in [7, 11) is 4.98. The van der Waals surface area contributed by atoms with E-state index in [4.69, 9.17) is 9.47 Å². The lowest BCUT2D eigenvalue weighted by Crippen LogP contribution is -2.32. The number of hydrogen-bond donors (Lipinski definition) is 2. The molecule has 0 unspecified atom stereocenters. The van der Waals surface area contributed by atoms with Gasteiger partial charge >= 0.3 is 0 Å². The lowest BCUT2D eigenvalue weighted by Gasteiger charge is -2.13. The van der Waals surface area contributed by atoms with Gasteiger partial charge in [-0.1, -0.05) is 6.08 Å². The molecule has 0 saturated carbocycles. The number of anilines is 1. The van der Waals surface area contributed by atoms with Gasteiger partial charge in [-0.2, -0.15) is 11.8 Å². The molecule has 1 aromatic carbocycles. The fraction of sp³-hybridized carbons (Fsp3) is 0.400. The Morgan fingerprint density at radius 1 is 1.32 bits per heavy atom. The molecule has 0 aromatic heterocycles. The van der Waals surface area contributed by atoms with Gasteiger partial charge in [-0.25, -0.2) is 0 Å². The molecule has 0 bridgehead atoms. The standard InChI is InChI=1S/C15H23N3O2S.HI/c1-5-9-21-10-8-17-15(16-2)18-12-6-7-13(19-3)14(11-12)20-4;/h5-7,11H,1,8-10H2,2-4H3,(H2,16,17,18);1H. The van der Waals surface area contributed by atoms with Crippen LogP contribution in [0.25, 0.3) is 0 Å². The Morgan fingerprint density at radius 3 is 2.64 bits per heavy atom. The number of rotatable bonds is 8. The van der Waals surface area contributed by atoms with Gasteiger partial charge in [-0.05, 0) is 12.1 Å². The van der Waals surface area contributed by atoms with Crippen LogP contribution in [0.5, 0.6) is 11.5 Å². The van der Waals surface area contributed by atoms with Crippen LogP contribution in [0.15, 0.2) is 35.8 Å². The first-order chi connectivity index (χ1) is 10.2. The monoisotopic (exact) mass is 437 g/mol. The molecule has 22 heavy (non-hydrogen) atoms. The normalized spacial score (nSPS) is 10.4. The number of guanidine groups is 1. The molecule has 1 rings (SSSR count). The molecule has 0 atom stereocenters. The fourth-order valence-corrected chi connectivity index (χ4v) is 2.22. The van der Waals surface area contributed by atoms with E-state index >= 15 is 0 Å². The number of nitrogens with one attached hydrogen (secondary N) is 2. The average Bonchev–Trinajstić information content (AvgIpc) is 2.53. The number of benzene rings is 1. The minimum Gasteiger partial charge on any atom is -0.493 e. The van der Waals surface area contributed by atoms with Crippen molar-refractivity contribution >= 4 is 47.4 Å². The molecular formula is C15H24IN3O2S. The maximum atomic E-state index is 5.28. The summed E-state index contributed by atoms with van der Waals surface area (Å²) in [4.78, 5) is 4.19. The number of methoxy groups -OCH3 is 2. The second-order valence-electron chi connectivity index (χ2n) is 4.06. The third-order valence-corrected chi connectivity index (χ3v) is 3.61. The van der Waals surface area contributed by atoms with Crippen molar-refractivity contribution in [1.29, 1.82) is 0 Å². The van der Waals surface area contributed by atoms with Crippen LogP contribution < -0.4 is 20.1 Å². The van der Waals surface area contributed by atoms with E-state index in [-0.39, 0.29) is 24.0 Å². The average molecular weight is 437 g/mol. The van der Waals surface area contributed by atoms with Crippen LogP contribution in [-0.2, 0) is 0 Å². The van der Waals surface area contributed by atoms with Gasteiger partial charge in [0.05, 0.1) is 14.2 Å². The number of hydrogen-bond acceptors (Lipinski definition) is 4. The van der Waals surface area contributed by atoms with Crippen LogP contribution in [-0.4, -0.2) is 45.3 Å². The predicted molar refractivity (Wildman–Crippen MR) is 107 cm³/mol. The minimum atomic E-state index is 0. The van der Waals surface area contributed by atoms with Gasteiger partial charge in [0.15, 0.2) is 17.5 Å². The van der Waals surface area contributed by atoms with Gasteiger partial charge in [0.1, 0.15) is 0 Å². The summed E-state index contributed by atoms with van der Waals surface area (Å²) in [5.41, 5.74) is 0.888. The number of nitrogens with zero attached hydrogens (tertiary/aromatic N) is 1. The van der Waals surface area contributed by atoms with Crippen molar-refractivity contribution in [3.8, 4) is 11.5 Å². The summed E-state index contributed by atoms with van der Waals surface area (Å²) in [5, 5.41) is 6.47. The third-order valence-electron chi connectivity index (χ3n) is 2.64. The van der Waals surface area contributed by atoms with Gasteiger partial charge in [0.2, 0.25) is 0 Å². The van der Waals surface area contributed by atoms with E-state index in [2.05, 4.69) is 22.2 Å². The van der Waals surface area contributed by atoms with Crippen molar-refractivity contribution in [2.24, 2.45) is 4.99 Å². The number of thioether (sulfide) groups is 1. The zero-order valence-electron chi connectivity index (χ0n) is 13.2.